The molecule has 0 saturated heterocycles. The quantitative estimate of drug-likeness (QED) is 0.878. The fourth-order valence-electron chi connectivity index (χ4n) is 2.84. The van der Waals surface area contributed by atoms with Gasteiger partial charge in [-0.2, -0.15) is 0 Å². The predicted octanol–water partition coefficient (Wildman–Crippen LogP) is 2.91. The van der Waals surface area contributed by atoms with E-state index in [-0.39, 0.29) is 11.4 Å². The van der Waals surface area contributed by atoms with E-state index in [9.17, 15) is 9.90 Å². The summed E-state index contributed by atoms with van der Waals surface area (Å²) in [5, 5.41) is 9.33. The normalized spacial score (nSPS) is 13.8. The molecule has 1 aliphatic rings. The molecule has 0 spiro atoms. The first-order valence-corrected chi connectivity index (χ1v) is 6.77. The van der Waals surface area contributed by atoms with E-state index >= 15 is 0 Å². The molecule has 1 heterocycles. The first kappa shape index (κ1) is 12.7. The van der Waals surface area contributed by atoms with Crippen LogP contribution in [0.3, 0.4) is 0 Å². The van der Waals surface area contributed by atoms with Crippen LogP contribution in [0.1, 0.15) is 34.3 Å². The number of fused-ring (bicyclic) bond motifs is 1. The number of hydrogen-bond acceptors (Lipinski definition) is 3. The Morgan fingerprint density at radius 2 is 1.90 bits per heavy atom. The Bertz CT molecular complexity index is 680. The van der Waals surface area contributed by atoms with Crippen LogP contribution < -0.4 is 5.73 Å². The first-order valence-electron chi connectivity index (χ1n) is 6.77. The highest BCUT2D eigenvalue weighted by Gasteiger charge is 2.17. The van der Waals surface area contributed by atoms with Gasteiger partial charge in [0.25, 0.3) is 0 Å². The van der Waals surface area contributed by atoms with Crippen LogP contribution >= 0.6 is 0 Å². The Hall–Kier alpha value is -2.36. The number of aromatic carboxylic acids is 1. The van der Waals surface area contributed by atoms with Gasteiger partial charge in [0.2, 0.25) is 0 Å². The van der Waals surface area contributed by atoms with Crippen LogP contribution in [0.2, 0.25) is 0 Å². The van der Waals surface area contributed by atoms with Crippen molar-refractivity contribution in [3.05, 3.63) is 47.2 Å². The third-order valence-corrected chi connectivity index (χ3v) is 3.85. The number of carboxylic acid groups (broad SMARTS) is 1. The number of nitrogen functional groups attached to an aromatic ring is 1. The summed E-state index contributed by atoms with van der Waals surface area (Å²) < 4.78 is 0. The van der Waals surface area contributed by atoms with E-state index < -0.39 is 5.97 Å². The molecule has 0 fully saturated rings. The Kier molecular flexibility index (Phi) is 3.14. The van der Waals surface area contributed by atoms with Crippen molar-refractivity contribution in [1.82, 2.24) is 4.98 Å². The number of benzene rings is 1. The van der Waals surface area contributed by atoms with Crippen molar-refractivity contribution < 1.29 is 9.90 Å². The molecule has 102 valence electrons. The zero-order valence-electron chi connectivity index (χ0n) is 11.1. The van der Waals surface area contributed by atoms with Crippen LogP contribution in [0, 0.1) is 0 Å². The van der Waals surface area contributed by atoms with E-state index in [0.29, 0.717) is 5.56 Å². The van der Waals surface area contributed by atoms with Crippen molar-refractivity contribution in [3.63, 3.8) is 0 Å². The average Bonchev–Trinajstić information content (AvgIpc) is 2.46. The van der Waals surface area contributed by atoms with Crippen LogP contribution in [0.25, 0.3) is 11.1 Å². The fraction of sp³-hybridized carbons (Fsp3) is 0.250. The summed E-state index contributed by atoms with van der Waals surface area (Å²) in [6, 6.07) is 7.89. The van der Waals surface area contributed by atoms with Gasteiger partial charge < -0.3 is 10.8 Å². The molecule has 20 heavy (non-hydrogen) atoms. The average molecular weight is 268 g/mol. The predicted molar refractivity (Wildman–Crippen MR) is 77.7 cm³/mol. The molecule has 0 radical (unpaired) electrons. The minimum Gasteiger partial charge on any atom is -0.478 e. The maximum atomic E-state index is 11.4. The smallest absolute Gasteiger partial charge is 0.340 e. The highest BCUT2D eigenvalue weighted by Crippen LogP contribution is 2.30. The summed E-state index contributed by atoms with van der Waals surface area (Å²) in [6.07, 6.45) is 6.15. The Morgan fingerprint density at radius 1 is 1.15 bits per heavy atom. The topological polar surface area (TPSA) is 76.2 Å². The molecule has 1 aromatic carbocycles. The number of aromatic nitrogens is 1. The summed E-state index contributed by atoms with van der Waals surface area (Å²) >= 11 is 0. The summed E-state index contributed by atoms with van der Waals surface area (Å²) in [6.45, 7) is 0. The fourth-order valence-corrected chi connectivity index (χ4v) is 2.84. The maximum absolute atomic E-state index is 11.4. The number of carboxylic acids is 1. The molecule has 0 unspecified atom stereocenters. The second-order valence-electron chi connectivity index (χ2n) is 5.11. The van der Waals surface area contributed by atoms with Gasteiger partial charge in [0.15, 0.2) is 0 Å². The number of carbonyl (C=O) groups is 1. The molecule has 0 aliphatic heterocycles. The third kappa shape index (κ3) is 2.13. The van der Waals surface area contributed by atoms with Crippen LogP contribution in [-0.2, 0) is 12.8 Å². The largest absolute Gasteiger partial charge is 0.478 e. The van der Waals surface area contributed by atoms with Crippen molar-refractivity contribution in [2.24, 2.45) is 0 Å². The van der Waals surface area contributed by atoms with E-state index in [1.54, 1.807) is 12.3 Å². The standard InChI is InChI=1S/C16H16N2O2/c17-15-14(16(19)20)13(7-8-18-15)12-6-5-10-3-1-2-4-11(10)9-12/h5-9H,1-4H2,(H2,17,18)(H,19,20). The van der Waals surface area contributed by atoms with Crippen molar-refractivity contribution >= 4 is 11.8 Å². The summed E-state index contributed by atoms with van der Waals surface area (Å²) in [5.74, 6) is -0.976. The molecule has 0 amide bonds. The summed E-state index contributed by atoms with van der Waals surface area (Å²) in [7, 11) is 0. The molecule has 4 nitrogen and oxygen atoms in total. The minimum absolute atomic E-state index is 0.0627. The van der Waals surface area contributed by atoms with Gasteiger partial charge in [-0.3, -0.25) is 0 Å². The lowest BCUT2D eigenvalue weighted by molar-refractivity contribution is 0.0698. The highest BCUT2D eigenvalue weighted by atomic mass is 16.4. The molecule has 3 N–H and O–H groups in total. The monoisotopic (exact) mass is 268 g/mol. The number of anilines is 1. The van der Waals surface area contributed by atoms with Gasteiger partial charge in [0.1, 0.15) is 11.4 Å². The zero-order valence-corrected chi connectivity index (χ0v) is 11.1. The lowest BCUT2D eigenvalue weighted by Gasteiger charge is -2.17. The van der Waals surface area contributed by atoms with Gasteiger partial charge in [0.05, 0.1) is 0 Å². The second kappa shape index (κ2) is 4.96. The summed E-state index contributed by atoms with van der Waals surface area (Å²) in [5.41, 5.74) is 10.0. The molecule has 3 rings (SSSR count). The van der Waals surface area contributed by atoms with E-state index in [4.69, 9.17) is 5.73 Å². The molecular weight excluding hydrogens is 252 g/mol. The third-order valence-electron chi connectivity index (χ3n) is 3.85. The number of nitrogens with two attached hydrogens (primary N) is 1. The number of hydrogen-bond donors (Lipinski definition) is 2. The Labute approximate surface area is 117 Å². The van der Waals surface area contributed by atoms with Crippen molar-refractivity contribution in [1.29, 1.82) is 0 Å². The number of nitrogens with zero attached hydrogens (tertiary/aromatic N) is 1. The van der Waals surface area contributed by atoms with Crippen molar-refractivity contribution in [3.8, 4) is 11.1 Å². The number of rotatable bonds is 2. The zero-order chi connectivity index (χ0) is 14.1. The second-order valence-corrected chi connectivity index (χ2v) is 5.11. The maximum Gasteiger partial charge on any atom is 0.340 e. The van der Waals surface area contributed by atoms with Gasteiger partial charge in [-0.15, -0.1) is 0 Å². The molecule has 4 heteroatoms. The van der Waals surface area contributed by atoms with Gasteiger partial charge in [-0.1, -0.05) is 18.2 Å². The van der Waals surface area contributed by atoms with Crippen LogP contribution in [0.15, 0.2) is 30.5 Å². The number of pyridine rings is 1. The number of aryl methyl sites for hydroxylation is 2. The van der Waals surface area contributed by atoms with Crippen molar-refractivity contribution in [2.75, 3.05) is 5.73 Å². The summed E-state index contributed by atoms with van der Waals surface area (Å²) in [4.78, 5) is 15.3. The van der Waals surface area contributed by atoms with Crippen LogP contribution in [0.5, 0.6) is 0 Å². The van der Waals surface area contributed by atoms with Crippen LogP contribution in [0.4, 0.5) is 5.82 Å². The van der Waals surface area contributed by atoms with Gasteiger partial charge in [0, 0.05) is 11.8 Å². The molecule has 0 saturated carbocycles. The lowest BCUT2D eigenvalue weighted by atomic mass is 9.88. The molecule has 2 aromatic rings. The first-order chi connectivity index (χ1) is 9.66. The molecule has 0 bridgehead atoms. The van der Waals surface area contributed by atoms with E-state index in [0.717, 1.165) is 18.4 Å². The van der Waals surface area contributed by atoms with Crippen molar-refractivity contribution in [2.45, 2.75) is 25.7 Å². The van der Waals surface area contributed by atoms with Gasteiger partial charge in [-0.25, -0.2) is 9.78 Å². The van der Waals surface area contributed by atoms with Gasteiger partial charge in [-0.05, 0) is 48.4 Å². The van der Waals surface area contributed by atoms with Gasteiger partial charge >= 0.3 is 5.97 Å². The molecular formula is C16H16N2O2. The highest BCUT2D eigenvalue weighted by molar-refractivity contribution is 6.00. The molecule has 1 aromatic heterocycles. The van der Waals surface area contributed by atoms with E-state index in [2.05, 4.69) is 17.1 Å². The lowest BCUT2D eigenvalue weighted by Crippen LogP contribution is -2.07. The Morgan fingerprint density at radius 3 is 2.65 bits per heavy atom. The minimum atomic E-state index is -1.04. The van der Waals surface area contributed by atoms with E-state index in [1.807, 2.05) is 6.07 Å². The van der Waals surface area contributed by atoms with E-state index in [1.165, 1.54) is 24.0 Å². The molecule has 0 atom stereocenters. The SMILES string of the molecule is Nc1nccc(-c2ccc3c(c2)CCCC3)c1C(=O)O. The Balaban J connectivity index is 2.14. The van der Waals surface area contributed by atoms with Crippen LogP contribution in [-0.4, -0.2) is 16.1 Å². The molecule has 1 aliphatic carbocycles.